The Labute approximate surface area is 102 Å². The summed E-state index contributed by atoms with van der Waals surface area (Å²) in [5.74, 6) is 1.26. The van der Waals surface area contributed by atoms with E-state index < -0.39 is 12.1 Å². The van der Waals surface area contributed by atoms with Gasteiger partial charge >= 0.3 is 0 Å². The lowest BCUT2D eigenvalue weighted by atomic mass is 10.0. The summed E-state index contributed by atoms with van der Waals surface area (Å²) in [4.78, 5) is 0. The van der Waals surface area contributed by atoms with E-state index in [0.717, 1.165) is 0 Å². The number of nitrogens with two attached hydrogens (primary N) is 1. The van der Waals surface area contributed by atoms with E-state index in [0.29, 0.717) is 17.1 Å². The van der Waals surface area contributed by atoms with Gasteiger partial charge in [-0.3, -0.25) is 0 Å². The molecule has 0 aliphatic rings. The van der Waals surface area contributed by atoms with Crippen LogP contribution in [0.25, 0.3) is 0 Å². The van der Waals surface area contributed by atoms with Gasteiger partial charge < -0.3 is 20.3 Å². The predicted molar refractivity (Wildman–Crippen MR) is 65.4 cm³/mol. The van der Waals surface area contributed by atoms with Gasteiger partial charge in [-0.25, -0.2) is 0 Å². The van der Waals surface area contributed by atoms with E-state index in [1.54, 1.807) is 33.3 Å². The highest BCUT2D eigenvalue weighted by Crippen LogP contribution is 2.34. The van der Waals surface area contributed by atoms with Gasteiger partial charge in [0.25, 0.3) is 0 Å². The molecule has 4 nitrogen and oxygen atoms in total. The lowest BCUT2D eigenvalue weighted by Gasteiger charge is -2.20. The first-order valence-electron chi connectivity index (χ1n) is 4.76. The van der Waals surface area contributed by atoms with Crippen molar-refractivity contribution in [1.29, 1.82) is 0 Å². The molecular formula is C11H18ClNO3. The maximum Gasteiger partial charge on any atom is 0.127 e. The summed E-state index contributed by atoms with van der Waals surface area (Å²) in [6, 6.07) is 4.88. The molecule has 2 atom stereocenters. The highest BCUT2D eigenvalue weighted by atomic mass is 35.5. The zero-order valence-electron chi connectivity index (χ0n) is 9.64. The molecule has 0 fully saturated rings. The smallest absolute Gasteiger partial charge is 0.127 e. The number of benzene rings is 1. The Bertz CT molecular complexity index is 309. The highest BCUT2D eigenvalue weighted by Gasteiger charge is 2.20. The van der Waals surface area contributed by atoms with E-state index in [2.05, 4.69) is 0 Å². The molecule has 0 saturated carbocycles. The summed E-state index contributed by atoms with van der Waals surface area (Å²) in [6.45, 7) is 1.64. The first-order valence-corrected chi connectivity index (χ1v) is 4.76. The van der Waals surface area contributed by atoms with Gasteiger partial charge in [-0.1, -0.05) is 6.07 Å². The second kappa shape index (κ2) is 6.58. The summed E-state index contributed by atoms with van der Waals surface area (Å²) >= 11 is 0. The maximum absolute atomic E-state index is 9.48. The van der Waals surface area contributed by atoms with Crippen LogP contribution in [0.5, 0.6) is 11.5 Å². The molecule has 0 amide bonds. The van der Waals surface area contributed by atoms with Crippen LogP contribution in [0.15, 0.2) is 18.2 Å². The first kappa shape index (κ1) is 15.0. The fourth-order valence-electron chi connectivity index (χ4n) is 1.45. The van der Waals surface area contributed by atoms with E-state index in [4.69, 9.17) is 15.2 Å². The van der Waals surface area contributed by atoms with Crippen molar-refractivity contribution in [2.24, 2.45) is 5.73 Å². The minimum absolute atomic E-state index is 0. The van der Waals surface area contributed by atoms with Gasteiger partial charge in [-0.05, 0) is 19.1 Å². The van der Waals surface area contributed by atoms with Crippen LogP contribution in [0.4, 0.5) is 0 Å². The number of hydrogen-bond acceptors (Lipinski definition) is 4. The summed E-state index contributed by atoms with van der Waals surface area (Å²) in [6.07, 6.45) is -0.657. The largest absolute Gasteiger partial charge is 0.496 e. The Hall–Kier alpha value is -0.970. The highest BCUT2D eigenvalue weighted by molar-refractivity contribution is 5.85. The van der Waals surface area contributed by atoms with Gasteiger partial charge in [-0.15, -0.1) is 12.4 Å². The van der Waals surface area contributed by atoms with Crippen LogP contribution < -0.4 is 15.2 Å². The Morgan fingerprint density at radius 1 is 1.19 bits per heavy atom. The predicted octanol–water partition coefficient (Wildman–Crippen LogP) is 1.51. The third-order valence-corrected chi connectivity index (χ3v) is 2.32. The zero-order valence-corrected chi connectivity index (χ0v) is 10.5. The Kier molecular flexibility index (Phi) is 6.18. The number of hydrogen-bond donors (Lipinski definition) is 2. The van der Waals surface area contributed by atoms with E-state index in [-0.39, 0.29) is 12.4 Å². The monoisotopic (exact) mass is 247 g/mol. The molecule has 1 rings (SSSR count). The van der Waals surface area contributed by atoms with Crippen molar-refractivity contribution in [3.05, 3.63) is 23.8 Å². The molecule has 0 saturated heterocycles. The molecule has 0 heterocycles. The van der Waals surface area contributed by atoms with E-state index >= 15 is 0 Å². The fourth-order valence-corrected chi connectivity index (χ4v) is 1.45. The lowest BCUT2D eigenvalue weighted by molar-refractivity contribution is 0.161. The van der Waals surface area contributed by atoms with Gasteiger partial charge in [-0.2, -0.15) is 0 Å². The molecule has 0 radical (unpaired) electrons. The standard InChI is InChI=1S/C11H17NO3.ClH/c1-7(13)11(12)10-8(14-2)5-4-6-9(10)15-3;/h4-7,11,13H,12H2,1-3H3;1H/t7-,11-;/m1./s1. The molecule has 1 aromatic carbocycles. The van der Waals surface area contributed by atoms with Crippen LogP contribution in [0, 0.1) is 0 Å². The van der Waals surface area contributed by atoms with E-state index in [9.17, 15) is 5.11 Å². The number of aliphatic hydroxyl groups is 1. The molecular weight excluding hydrogens is 230 g/mol. The van der Waals surface area contributed by atoms with Gasteiger partial charge in [0, 0.05) is 0 Å². The van der Waals surface area contributed by atoms with Crippen molar-refractivity contribution in [3.8, 4) is 11.5 Å². The van der Waals surface area contributed by atoms with Crippen LogP contribution in [0.1, 0.15) is 18.5 Å². The van der Waals surface area contributed by atoms with Crippen molar-refractivity contribution < 1.29 is 14.6 Å². The lowest BCUT2D eigenvalue weighted by Crippen LogP contribution is -2.24. The van der Waals surface area contributed by atoms with Crippen LogP contribution in [-0.2, 0) is 0 Å². The molecule has 16 heavy (non-hydrogen) atoms. The Morgan fingerprint density at radius 2 is 1.62 bits per heavy atom. The second-order valence-corrected chi connectivity index (χ2v) is 3.34. The Balaban J connectivity index is 0.00000225. The van der Waals surface area contributed by atoms with Gasteiger partial charge in [0.05, 0.1) is 31.9 Å². The molecule has 0 unspecified atom stereocenters. The van der Waals surface area contributed by atoms with E-state index in [1.807, 2.05) is 6.07 Å². The molecule has 0 aromatic heterocycles. The quantitative estimate of drug-likeness (QED) is 0.847. The van der Waals surface area contributed by atoms with Crippen LogP contribution in [-0.4, -0.2) is 25.4 Å². The molecule has 0 spiro atoms. The van der Waals surface area contributed by atoms with Crippen molar-refractivity contribution in [3.63, 3.8) is 0 Å². The molecule has 92 valence electrons. The van der Waals surface area contributed by atoms with Crippen LogP contribution >= 0.6 is 12.4 Å². The summed E-state index contributed by atoms with van der Waals surface area (Å²) < 4.78 is 10.4. The van der Waals surface area contributed by atoms with Gasteiger partial charge in [0.1, 0.15) is 11.5 Å². The third kappa shape index (κ3) is 3.01. The minimum atomic E-state index is -0.657. The van der Waals surface area contributed by atoms with Crippen LogP contribution in [0.2, 0.25) is 0 Å². The summed E-state index contributed by atoms with van der Waals surface area (Å²) in [5.41, 5.74) is 6.57. The van der Waals surface area contributed by atoms with Crippen LogP contribution in [0.3, 0.4) is 0 Å². The third-order valence-electron chi connectivity index (χ3n) is 2.32. The van der Waals surface area contributed by atoms with Crippen molar-refractivity contribution in [1.82, 2.24) is 0 Å². The number of methoxy groups -OCH3 is 2. The van der Waals surface area contributed by atoms with E-state index in [1.165, 1.54) is 0 Å². The molecule has 0 bridgehead atoms. The van der Waals surface area contributed by atoms with Crippen molar-refractivity contribution in [2.75, 3.05) is 14.2 Å². The zero-order chi connectivity index (χ0) is 11.4. The molecule has 0 aliphatic carbocycles. The number of rotatable bonds is 4. The number of ether oxygens (including phenoxy) is 2. The molecule has 0 aliphatic heterocycles. The van der Waals surface area contributed by atoms with Crippen molar-refractivity contribution in [2.45, 2.75) is 19.1 Å². The second-order valence-electron chi connectivity index (χ2n) is 3.34. The molecule has 3 N–H and O–H groups in total. The number of aliphatic hydroxyl groups excluding tert-OH is 1. The SMILES string of the molecule is COc1cccc(OC)c1[C@H](N)[C@@H](C)O.Cl. The van der Waals surface area contributed by atoms with Gasteiger partial charge in [0.2, 0.25) is 0 Å². The first-order chi connectivity index (χ1) is 7.11. The Morgan fingerprint density at radius 3 is 1.94 bits per heavy atom. The fraction of sp³-hybridized carbons (Fsp3) is 0.455. The average Bonchev–Trinajstić information content (AvgIpc) is 2.26. The van der Waals surface area contributed by atoms with Gasteiger partial charge in [0.15, 0.2) is 0 Å². The average molecular weight is 248 g/mol. The normalized spacial score (nSPS) is 13.6. The topological polar surface area (TPSA) is 64.7 Å². The minimum Gasteiger partial charge on any atom is -0.496 e. The number of halogens is 1. The molecule has 1 aromatic rings. The summed E-state index contributed by atoms with van der Waals surface area (Å²) in [7, 11) is 3.13. The van der Waals surface area contributed by atoms with Crippen molar-refractivity contribution >= 4 is 12.4 Å². The molecule has 5 heteroatoms. The summed E-state index contributed by atoms with van der Waals surface area (Å²) in [5, 5.41) is 9.48. The maximum atomic E-state index is 9.48.